The van der Waals surface area contributed by atoms with Gasteiger partial charge >= 0.3 is 0 Å². The van der Waals surface area contributed by atoms with E-state index in [1.54, 1.807) is 18.3 Å². The Hall–Kier alpha value is -2.25. The van der Waals surface area contributed by atoms with Gasteiger partial charge in [0.25, 0.3) is 0 Å². The fourth-order valence-electron chi connectivity index (χ4n) is 3.55. The van der Waals surface area contributed by atoms with Crippen LogP contribution in [-0.4, -0.2) is 50.8 Å². The second-order valence-corrected chi connectivity index (χ2v) is 7.59. The van der Waals surface area contributed by atoms with Crippen LogP contribution in [-0.2, 0) is 0 Å². The van der Waals surface area contributed by atoms with Crippen molar-refractivity contribution in [3.8, 4) is 22.6 Å². The Balaban J connectivity index is 1.83. The molecule has 2 aromatic heterocycles. The third kappa shape index (κ3) is 3.75. The number of halogens is 1. The first-order chi connectivity index (χ1) is 13.2. The zero-order valence-corrected chi connectivity index (χ0v) is 16.3. The van der Waals surface area contributed by atoms with Gasteiger partial charge in [-0.2, -0.15) is 0 Å². The van der Waals surface area contributed by atoms with Crippen molar-refractivity contribution in [3.63, 3.8) is 0 Å². The van der Waals surface area contributed by atoms with Crippen LogP contribution in [0.1, 0.15) is 18.9 Å². The van der Waals surface area contributed by atoms with Gasteiger partial charge in [0, 0.05) is 17.8 Å². The summed E-state index contributed by atoms with van der Waals surface area (Å²) in [6.45, 7) is 2.13. The lowest BCUT2D eigenvalue weighted by molar-refractivity contribution is 0.222. The number of aromatic nitrogens is 4. The molecule has 0 N–H and O–H groups in total. The molecule has 0 atom stereocenters. The summed E-state index contributed by atoms with van der Waals surface area (Å²) in [7, 11) is 2.16. The van der Waals surface area contributed by atoms with Crippen LogP contribution in [0.3, 0.4) is 0 Å². The second kappa shape index (κ2) is 7.78. The smallest absolute Gasteiger partial charge is 0.187 e. The molecule has 0 saturated carbocycles. The topological polar surface area (TPSA) is 46.8 Å². The van der Waals surface area contributed by atoms with Crippen LogP contribution in [0.15, 0.2) is 48.0 Å². The van der Waals surface area contributed by atoms with Gasteiger partial charge in [-0.3, -0.25) is 0 Å². The molecule has 3 heterocycles. The molecule has 7 heteroatoms. The van der Waals surface area contributed by atoms with E-state index in [9.17, 15) is 4.39 Å². The van der Waals surface area contributed by atoms with Gasteiger partial charge in [-0.05, 0) is 69.6 Å². The zero-order valence-electron chi connectivity index (χ0n) is 15.5. The maximum atomic E-state index is 13.4. The van der Waals surface area contributed by atoms with Crippen molar-refractivity contribution < 1.29 is 4.39 Å². The molecule has 0 aliphatic carbocycles. The molecule has 0 radical (unpaired) electrons. The molecule has 0 bridgehead atoms. The molecule has 5 nitrogen and oxygen atoms in total. The Morgan fingerprint density at radius 1 is 1.07 bits per heavy atom. The van der Waals surface area contributed by atoms with E-state index in [0.717, 1.165) is 53.7 Å². The lowest BCUT2D eigenvalue weighted by Gasteiger charge is -2.30. The summed E-state index contributed by atoms with van der Waals surface area (Å²) in [4.78, 5) is 16.1. The molecule has 0 spiro atoms. The molecular weight excluding hydrogens is 361 g/mol. The zero-order chi connectivity index (χ0) is 18.8. The normalized spacial score (nSPS) is 16.0. The first-order valence-corrected chi connectivity index (χ1v) is 10.3. The molecule has 140 valence electrons. The molecule has 1 saturated heterocycles. The number of piperidine rings is 1. The lowest BCUT2D eigenvalue weighted by Crippen LogP contribution is -2.31. The van der Waals surface area contributed by atoms with Crippen molar-refractivity contribution in [2.24, 2.45) is 0 Å². The molecule has 27 heavy (non-hydrogen) atoms. The molecule has 1 aromatic carbocycles. The summed E-state index contributed by atoms with van der Waals surface area (Å²) in [5.74, 6) is -0.248. The van der Waals surface area contributed by atoms with Crippen molar-refractivity contribution in [1.82, 2.24) is 24.4 Å². The molecule has 1 fully saturated rings. The lowest BCUT2D eigenvalue weighted by atomic mass is 10.0. The number of imidazole rings is 1. The van der Waals surface area contributed by atoms with Gasteiger partial charge in [0.2, 0.25) is 0 Å². The number of hydrogen-bond donors (Lipinski definition) is 0. The summed E-state index contributed by atoms with van der Waals surface area (Å²) < 4.78 is 15.7. The van der Waals surface area contributed by atoms with E-state index in [2.05, 4.69) is 21.5 Å². The van der Waals surface area contributed by atoms with Crippen LogP contribution in [0.25, 0.3) is 22.6 Å². The van der Waals surface area contributed by atoms with Crippen molar-refractivity contribution >= 4 is 11.8 Å². The van der Waals surface area contributed by atoms with Gasteiger partial charge < -0.3 is 9.47 Å². The molecule has 0 unspecified atom stereocenters. The number of benzene rings is 1. The van der Waals surface area contributed by atoms with E-state index in [1.165, 1.54) is 23.9 Å². The van der Waals surface area contributed by atoms with Crippen LogP contribution < -0.4 is 0 Å². The van der Waals surface area contributed by atoms with Crippen LogP contribution in [0, 0.1) is 5.82 Å². The fourth-order valence-corrected chi connectivity index (χ4v) is 3.91. The number of likely N-dealkylation sites (tertiary alicyclic amines) is 1. The van der Waals surface area contributed by atoms with Gasteiger partial charge in [-0.15, -0.1) is 0 Å². The molecule has 3 aromatic rings. The second-order valence-electron chi connectivity index (χ2n) is 6.82. The highest BCUT2D eigenvalue weighted by atomic mass is 32.2. The largest absolute Gasteiger partial charge is 0.326 e. The standard InChI is InChI=1S/C20H22FN5S/c1-25-11-8-16(9-12-25)26-13-23-18(14-3-5-15(21)6-4-14)19(26)17-7-10-22-20(24-17)27-2/h3-7,10,13,16H,8-9,11-12H2,1-2H3. The Morgan fingerprint density at radius 3 is 2.52 bits per heavy atom. The number of hydrogen-bond acceptors (Lipinski definition) is 5. The average molecular weight is 383 g/mol. The highest BCUT2D eigenvalue weighted by molar-refractivity contribution is 7.98. The quantitative estimate of drug-likeness (QED) is 0.501. The van der Waals surface area contributed by atoms with E-state index in [0.29, 0.717) is 6.04 Å². The Labute approximate surface area is 162 Å². The Kier molecular flexibility index (Phi) is 5.22. The average Bonchev–Trinajstić information content (AvgIpc) is 3.14. The summed E-state index contributed by atoms with van der Waals surface area (Å²) >= 11 is 1.52. The van der Waals surface area contributed by atoms with E-state index in [4.69, 9.17) is 9.97 Å². The third-order valence-corrected chi connectivity index (χ3v) is 5.61. The number of rotatable bonds is 4. The van der Waals surface area contributed by atoms with Gasteiger partial charge in [0.05, 0.1) is 23.4 Å². The third-order valence-electron chi connectivity index (χ3n) is 5.05. The van der Waals surface area contributed by atoms with Gasteiger partial charge in [0.1, 0.15) is 5.82 Å². The Bertz CT molecular complexity index is 916. The van der Waals surface area contributed by atoms with E-state index in [-0.39, 0.29) is 5.82 Å². The maximum Gasteiger partial charge on any atom is 0.187 e. The predicted octanol–water partition coefficient (Wildman–Crippen LogP) is 4.13. The Morgan fingerprint density at radius 2 is 1.81 bits per heavy atom. The van der Waals surface area contributed by atoms with Crippen LogP contribution in [0.4, 0.5) is 4.39 Å². The van der Waals surface area contributed by atoms with Crippen LogP contribution >= 0.6 is 11.8 Å². The highest BCUT2D eigenvalue weighted by Crippen LogP contribution is 2.35. The van der Waals surface area contributed by atoms with E-state index >= 15 is 0 Å². The number of thioether (sulfide) groups is 1. The fraction of sp³-hybridized carbons (Fsp3) is 0.350. The minimum Gasteiger partial charge on any atom is -0.326 e. The molecule has 1 aliphatic rings. The van der Waals surface area contributed by atoms with E-state index < -0.39 is 0 Å². The molecule has 4 rings (SSSR count). The molecule has 0 amide bonds. The SMILES string of the molecule is CSc1nccc(-c2c(-c3ccc(F)cc3)ncn2C2CCN(C)CC2)n1. The van der Waals surface area contributed by atoms with Gasteiger partial charge in [-0.25, -0.2) is 19.3 Å². The van der Waals surface area contributed by atoms with E-state index in [1.807, 2.05) is 18.6 Å². The van der Waals surface area contributed by atoms with Crippen LogP contribution in [0.5, 0.6) is 0 Å². The van der Waals surface area contributed by atoms with Crippen molar-refractivity contribution in [2.45, 2.75) is 24.0 Å². The van der Waals surface area contributed by atoms with Gasteiger partial charge in [-0.1, -0.05) is 11.8 Å². The van der Waals surface area contributed by atoms with Crippen molar-refractivity contribution in [2.75, 3.05) is 26.4 Å². The minimum atomic E-state index is -0.248. The minimum absolute atomic E-state index is 0.248. The predicted molar refractivity (Wildman–Crippen MR) is 106 cm³/mol. The molecular formula is C20H22FN5S. The maximum absolute atomic E-state index is 13.4. The van der Waals surface area contributed by atoms with Gasteiger partial charge in [0.15, 0.2) is 5.16 Å². The van der Waals surface area contributed by atoms with Crippen LogP contribution in [0.2, 0.25) is 0 Å². The monoisotopic (exact) mass is 383 g/mol. The highest BCUT2D eigenvalue weighted by Gasteiger charge is 2.24. The first kappa shape index (κ1) is 18.1. The summed E-state index contributed by atoms with van der Waals surface area (Å²) in [6, 6.07) is 8.80. The van der Waals surface area contributed by atoms with Crippen molar-refractivity contribution in [3.05, 3.63) is 48.7 Å². The molecule has 1 aliphatic heterocycles. The first-order valence-electron chi connectivity index (χ1n) is 9.04. The summed E-state index contributed by atoms with van der Waals surface area (Å²) in [5, 5.41) is 0.730. The van der Waals surface area contributed by atoms with Crippen molar-refractivity contribution in [1.29, 1.82) is 0 Å². The summed E-state index contributed by atoms with van der Waals surface area (Å²) in [6.07, 6.45) is 7.81. The summed E-state index contributed by atoms with van der Waals surface area (Å²) in [5.41, 5.74) is 3.56. The number of nitrogens with zero attached hydrogens (tertiary/aromatic N) is 5.